The Bertz CT molecular complexity index is 341. The van der Waals surface area contributed by atoms with E-state index in [1.807, 2.05) is 11.8 Å². The first-order chi connectivity index (χ1) is 9.77. The summed E-state index contributed by atoms with van der Waals surface area (Å²) in [7, 11) is 0. The average Bonchev–Trinajstić information content (AvgIpc) is 2.49. The van der Waals surface area contributed by atoms with Crippen molar-refractivity contribution in [3.05, 3.63) is 11.6 Å². The third-order valence-corrected chi connectivity index (χ3v) is 6.32. The van der Waals surface area contributed by atoms with Crippen molar-refractivity contribution in [3.63, 3.8) is 0 Å². The zero-order valence-corrected chi connectivity index (χ0v) is 13.3. The monoisotopic (exact) mass is 296 g/mol. The lowest BCUT2D eigenvalue weighted by atomic mass is 9.77. The lowest BCUT2D eigenvalue weighted by Crippen LogP contribution is -2.45. The first-order valence-electron chi connectivity index (χ1n) is 8.35. The van der Waals surface area contributed by atoms with Crippen LogP contribution in [0.15, 0.2) is 11.6 Å². The molecule has 0 aromatic carbocycles. The lowest BCUT2D eigenvalue weighted by Gasteiger charge is -2.44. The molecule has 0 aromatic rings. The molecule has 0 saturated carbocycles. The van der Waals surface area contributed by atoms with Crippen LogP contribution >= 0.6 is 11.8 Å². The predicted octanol–water partition coefficient (Wildman–Crippen LogP) is 3.93. The van der Waals surface area contributed by atoms with Crippen LogP contribution in [0.5, 0.6) is 0 Å². The van der Waals surface area contributed by atoms with E-state index in [1.54, 1.807) is 0 Å². The zero-order valence-electron chi connectivity index (χ0n) is 12.5. The molecule has 2 atom stereocenters. The van der Waals surface area contributed by atoms with Crippen molar-refractivity contribution < 1.29 is 9.84 Å². The number of rotatable bonds is 3. The van der Waals surface area contributed by atoms with Crippen LogP contribution in [0, 0.1) is 5.92 Å². The second kappa shape index (κ2) is 6.85. The molecule has 2 aliphatic heterocycles. The van der Waals surface area contributed by atoms with Gasteiger partial charge in [0.1, 0.15) is 0 Å². The maximum absolute atomic E-state index is 10.6. The summed E-state index contributed by atoms with van der Waals surface area (Å²) in [6.45, 7) is 0.853. The number of hydrogen-bond acceptors (Lipinski definition) is 3. The molecule has 0 aromatic heterocycles. The van der Waals surface area contributed by atoms with E-state index in [0.29, 0.717) is 5.92 Å². The Hall–Kier alpha value is 0.01000. The highest BCUT2D eigenvalue weighted by molar-refractivity contribution is 7.99. The zero-order chi connectivity index (χ0) is 13.8. The summed E-state index contributed by atoms with van der Waals surface area (Å²) >= 11 is 2.05. The Labute approximate surface area is 127 Å². The topological polar surface area (TPSA) is 29.5 Å². The predicted molar refractivity (Wildman–Crippen MR) is 85.1 cm³/mol. The van der Waals surface area contributed by atoms with Gasteiger partial charge in [-0.3, -0.25) is 0 Å². The fraction of sp³-hybridized carbons (Fsp3) is 0.882. The summed E-state index contributed by atoms with van der Waals surface area (Å²) < 4.78 is 6.14. The van der Waals surface area contributed by atoms with Crippen LogP contribution in [-0.2, 0) is 4.74 Å². The van der Waals surface area contributed by atoms with E-state index < -0.39 is 0 Å². The third-order valence-electron chi connectivity index (χ3n) is 5.34. The van der Waals surface area contributed by atoms with Crippen LogP contribution in [0.4, 0.5) is 0 Å². The van der Waals surface area contributed by atoms with Gasteiger partial charge in [0.05, 0.1) is 11.7 Å². The highest BCUT2D eigenvalue weighted by Crippen LogP contribution is 2.41. The molecule has 114 valence electrons. The van der Waals surface area contributed by atoms with Crippen molar-refractivity contribution in [2.45, 2.75) is 69.5 Å². The smallest absolute Gasteiger partial charge is 0.0701 e. The molecule has 2 nitrogen and oxygen atoms in total. The molecule has 20 heavy (non-hydrogen) atoms. The van der Waals surface area contributed by atoms with Gasteiger partial charge >= 0.3 is 0 Å². The summed E-state index contributed by atoms with van der Waals surface area (Å²) in [6.07, 6.45) is 12.7. The second-order valence-corrected chi connectivity index (χ2v) is 8.00. The van der Waals surface area contributed by atoms with E-state index in [2.05, 4.69) is 6.08 Å². The average molecular weight is 296 g/mol. The van der Waals surface area contributed by atoms with Crippen molar-refractivity contribution in [2.75, 3.05) is 18.1 Å². The van der Waals surface area contributed by atoms with Crippen molar-refractivity contribution >= 4 is 11.8 Å². The number of ether oxygens (including phenoxy) is 1. The molecular weight excluding hydrogens is 268 g/mol. The summed E-state index contributed by atoms with van der Waals surface area (Å²) in [5.41, 5.74) is 1.61. The van der Waals surface area contributed by atoms with Crippen molar-refractivity contribution in [2.24, 2.45) is 5.92 Å². The van der Waals surface area contributed by atoms with E-state index in [0.717, 1.165) is 25.9 Å². The maximum atomic E-state index is 10.6. The molecule has 0 radical (unpaired) electrons. The first-order valence-corrected chi connectivity index (χ1v) is 9.51. The SMILES string of the molecule is OC(CC1=CCCCC1)C1CCOC2(CCSCC2)C1. The van der Waals surface area contributed by atoms with Crippen molar-refractivity contribution in [3.8, 4) is 0 Å². The van der Waals surface area contributed by atoms with Gasteiger partial charge in [0.25, 0.3) is 0 Å². The summed E-state index contributed by atoms with van der Waals surface area (Å²) in [4.78, 5) is 0. The van der Waals surface area contributed by atoms with Crippen LogP contribution < -0.4 is 0 Å². The Morgan fingerprint density at radius 3 is 2.95 bits per heavy atom. The standard InChI is InChI=1S/C17H28O2S/c18-16(12-14-4-2-1-3-5-14)15-6-9-19-17(13-15)7-10-20-11-8-17/h4,15-16,18H,1-3,5-13H2. The first kappa shape index (κ1) is 14.9. The van der Waals surface area contributed by atoms with Gasteiger partial charge in [0.2, 0.25) is 0 Å². The maximum Gasteiger partial charge on any atom is 0.0701 e. The number of allylic oxidation sites excluding steroid dienone is 1. The summed E-state index contributed by atoms with van der Waals surface area (Å²) in [6, 6.07) is 0. The molecule has 2 heterocycles. The molecule has 1 N–H and O–H groups in total. The molecule has 3 rings (SSSR count). The molecule has 3 heteroatoms. The molecule has 1 spiro atoms. The fourth-order valence-electron chi connectivity index (χ4n) is 4.01. The summed E-state index contributed by atoms with van der Waals surface area (Å²) in [5.74, 6) is 2.91. The Morgan fingerprint density at radius 1 is 1.35 bits per heavy atom. The van der Waals surface area contributed by atoms with E-state index in [9.17, 15) is 5.11 Å². The van der Waals surface area contributed by atoms with Crippen molar-refractivity contribution in [1.29, 1.82) is 0 Å². The van der Waals surface area contributed by atoms with Gasteiger partial charge in [0.15, 0.2) is 0 Å². The van der Waals surface area contributed by atoms with E-state index >= 15 is 0 Å². The van der Waals surface area contributed by atoms with Gasteiger partial charge < -0.3 is 9.84 Å². The Morgan fingerprint density at radius 2 is 2.20 bits per heavy atom. The largest absolute Gasteiger partial charge is 0.393 e. The van der Waals surface area contributed by atoms with Crippen LogP contribution in [0.25, 0.3) is 0 Å². The number of hydrogen-bond donors (Lipinski definition) is 1. The normalized spacial score (nSPS) is 31.9. The highest BCUT2D eigenvalue weighted by atomic mass is 32.2. The minimum atomic E-state index is -0.144. The minimum Gasteiger partial charge on any atom is -0.393 e. The summed E-state index contributed by atoms with van der Waals surface area (Å²) in [5, 5.41) is 10.6. The highest BCUT2D eigenvalue weighted by Gasteiger charge is 2.40. The Kier molecular flexibility index (Phi) is 5.11. The van der Waals surface area contributed by atoms with Gasteiger partial charge in [-0.25, -0.2) is 0 Å². The Balaban J connectivity index is 1.56. The number of aliphatic hydroxyl groups is 1. The molecule has 0 bridgehead atoms. The van der Waals surface area contributed by atoms with E-state index in [4.69, 9.17) is 4.74 Å². The quantitative estimate of drug-likeness (QED) is 0.800. The molecule has 1 aliphatic carbocycles. The molecule has 0 amide bonds. The fourth-order valence-corrected chi connectivity index (χ4v) is 5.25. The molecule has 2 unspecified atom stereocenters. The second-order valence-electron chi connectivity index (χ2n) is 6.78. The number of thioether (sulfide) groups is 1. The molecular formula is C17H28O2S. The lowest BCUT2D eigenvalue weighted by molar-refractivity contribution is -0.120. The van der Waals surface area contributed by atoms with Gasteiger partial charge in [-0.1, -0.05) is 11.6 Å². The van der Waals surface area contributed by atoms with Gasteiger partial charge in [-0.05, 0) is 75.2 Å². The third kappa shape index (κ3) is 3.61. The van der Waals surface area contributed by atoms with Crippen molar-refractivity contribution in [1.82, 2.24) is 0 Å². The van der Waals surface area contributed by atoms with Crippen LogP contribution in [0.3, 0.4) is 0 Å². The molecule has 3 aliphatic rings. The van der Waals surface area contributed by atoms with Gasteiger partial charge in [-0.15, -0.1) is 0 Å². The van der Waals surface area contributed by atoms with Gasteiger partial charge in [-0.2, -0.15) is 11.8 Å². The molecule has 2 saturated heterocycles. The molecule has 2 fully saturated rings. The van der Waals surface area contributed by atoms with Crippen LogP contribution in [0.1, 0.15) is 57.8 Å². The van der Waals surface area contributed by atoms with Crippen LogP contribution in [-0.4, -0.2) is 34.9 Å². The van der Waals surface area contributed by atoms with E-state index in [-0.39, 0.29) is 11.7 Å². The van der Waals surface area contributed by atoms with Gasteiger partial charge in [0, 0.05) is 6.61 Å². The minimum absolute atomic E-state index is 0.107. The van der Waals surface area contributed by atoms with Crippen LogP contribution in [0.2, 0.25) is 0 Å². The number of aliphatic hydroxyl groups excluding tert-OH is 1. The van der Waals surface area contributed by atoms with E-state index in [1.165, 1.54) is 55.6 Å².